The maximum atomic E-state index is 13.8. The number of carboxylic acid groups (broad SMARTS) is 1. The quantitative estimate of drug-likeness (QED) is 0.343. The predicted octanol–water partition coefficient (Wildman–Crippen LogP) is 5.63. The zero-order valence-corrected chi connectivity index (χ0v) is 23.7. The Balaban J connectivity index is 1.64. The first-order chi connectivity index (χ1) is 20.3. The Labute approximate surface area is 247 Å². The van der Waals surface area contributed by atoms with Gasteiger partial charge in [0, 0.05) is 31.0 Å². The first kappa shape index (κ1) is 33.0. The highest BCUT2D eigenvalue weighted by Crippen LogP contribution is 2.44. The van der Waals surface area contributed by atoms with E-state index in [0.717, 1.165) is 0 Å². The maximum Gasteiger partial charge on any atom is 0.416 e. The van der Waals surface area contributed by atoms with Crippen LogP contribution in [0.25, 0.3) is 0 Å². The number of fused-ring (bicyclic) bond motifs is 1. The number of hydrogen-bond acceptors (Lipinski definition) is 4. The Hall–Kier alpha value is -3.88. The van der Waals surface area contributed by atoms with Crippen LogP contribution in [0.1, 0.15) is 67.9 Å². The molecule has 1 unspecified atom stereocenters. The van der Waals surface area contributed by atoms with Crippen LogP contribution in [0.2, 0.25) is 0 Å². The fraction of sp³-hybridized carbons (Fsp3) is 0.483. The molecule has 4 rings (SSSR count). The minimum atomic E-state index is -5.05. The molecule has 2 fully saturated rings. The second kappa shape index (κ2) is 11.9. The molecule has 2 aromatic carbocycles. The van der Waals surface area contributed by atoms with E-state index in [1.165, 1.54) is 49.9 Å². The SMILES string of the molecule is C[C@@H](O[C@H]1CN2C(=O)CC(NC(=O)C(C)(C)NC(=O)O)C[C@H]2[C@@H]1c1ccc(F)cc1)c1cc(C(F)(F)F)cc(C(F)(F)F)c1. The van der Waals surface area contributed by atoms with Gasteiger partial charge in [0.2, 0.25) is 11.8 Å². The molecule has 3 amide bonds. The second-order valence-corrected chi connectivity index (χ2v) is 11.5. The summed E-state index contributed by atoms with van der Waals surface area (Å²) in [5.41, 5.74) is -4.39. The maximum absolute atomic E-state index is 13.8. The van der Waals surface area contributed by atoms with Crippen LogP contribution in [0.3, 0.4) is 0 Å². The van der Waals surface area contributed by atoms with Gasteiger partial charge in [0.1, 0.15) is 11.4 Å². The van der Waals surface area contributed by atoms with Crippen molar-refractivity contribution >= 4 is 17.9 Å². The molecule has 8 nitrogen and oxygen atoms in total. The molecule has 0 aliphatic carbocycles. The zero-order valence-electron chi connectivity index (χ0n) is 23.7. The van der Waals surface area contributed by atoms with E-state index < -0.39 is 83.0 Å². The number of ether oxygens (including phenoxy) is 1. The highest BCUT2D eigenvalue weighted by molar-refractivity contribution is 5.89. The third-order valence-corrected chi connectivity index (χ3v) is 7.89. The van der Waals surface area contributed by atoms with Crippen LogP contribution >= 0.6 is 0 Å². The monoisotopic (exact) mass is 633 g/mol. The lowest BCUT2D eigenvalue weighted by atomic mass is 9.84. The number of benzene rings is 2. The van der Waals surface area contributed by atoms with E-state index in [0.29, 0.717) is 17.7 Å². The van der Waals surface area contributed by atoms with Crippen LogP contribution in [-0.4, -0.2) is 58.2 Å². The number of nitrogens with one attached hydrogen (secondary N) is 2. The Morgan fingerprint density at radius 1 is 1.00 bits per heavy atom. The summed E-state index contributed by atoms with van der Waals surface area (Å²) in [5, 5.41) is 13.8. The fourth-order valence-electron chi connectivity index (χ4n) is 5.75. The van der Waals surface area contributed by atoms with Crippen molar-refractivity contribution in [1.29, 1.82) is 0 Å². The highest BCUT2D eigenvalue weighted by atomic mass is 19.4. The van der Waals surface area contributed by atoms with Crippen molar-refractivity contribution in [3.8, 4) is 0 Å². The van der Waals surface area contributed by atoms with Crippen molar-refractivity contribution in [1.82, 2.24) is 15.5 Å². The summed E-state index contributed by atoms with van der Waals surface area (Å²) >= 11 is 0. The Morgan fingerprint density at radius 3 is 2.09 bits per heavy atom. The van der Waals surface area contributed by atoms with E-state index in [2.05, 4.69) is 10.6 Å². The van der Waals surface area contributed by atoms with Gasteiger partial charge in [0.05, 0.1) is 23.3 Å². The first-order valence-electron chi connectivity index (χ1n) is 13.6. The van der Waals surface area contributed by atoms with Gasteiger partial charge in [0.15, 0.2) is 0 Å². The smallest absolute Gasteiger partial charge is 0.416 e. The van der Waals surface area contributed by atoms with Gasteiger partial charge in [0.25, 0.3) is 0 Å². The van der Waals surface area contributed by atoms with Crippen molar-refractivity contribution < 1.29 is 55.0 Å². The van der Waals surface area contributed by atoms with E-state index >= 15 is 0 Å². The van der Waals surface area contributed by atoms with Gasteiger partial charge >= 0.3 is 18.4 Å². The van der Waals surface area contributed by atoms with Gasteiger partial charge in [-0.25, -0.2) is 9.18 Å². The molecule has 240 valence electrons. The van der Waals surface area contributed by atoms with Crippen molar-refractivity contribution in [2.24, 2.45) is 0 Å². The molecule has 5 atom stereocenters. The molecule has 0 spiro atoms. The number of halogens is 7. The fourth-order valence-corrected chi connectivity index (χ4v) is 5.75. The van der Waals surface area contributed by atoms with E-state index in [1.54, 1.807) is 0 Å². The van der Waals surface area contributed by atoms with Gasteiger partial charge in [-0.15, -0.1) is 0 Å². The summed E-state index contributed by atoms with van der Waals surface area (Å²) in [6.07, 6.45) is -13.7. The van der Waals surface area contributed by atoms with Crippen LogP contribution in [0.4, 0.5) is 35.5 Å². The number of carbonyl (C=O) groups is 3. The van der Waals surface area contributed by atoms with E-state index in [4.69, 9.17) is 9.84 Å². The molecule has 44 heavy (non-hydrogen) atoms. The molecule has 2 aromatic rings. The predicted molar refractivity (Wildman–Crippen MR) is 141 cm³/mol. The number of amides is 3. The van der Waals surface area contributed by atoms with Gasteiger partial charge in [-0.2, -0.15) is 26.3 Å². The van der Waals surface area contributed by atoms with Gasteiger partial charge < -0.3 is 25.4 Å². The summed E-state index contributed by atoms with van der Waals surface area (Å²) in [4.78, 5) is 38.6. The van der Waals surface area contributed by atoms with Crippen LogP contribution < -0.4 is 10.6 Å². The lowest BCUT2D eigenvalue weighted by Crippen LogP contribution is -2.59. The molecule has 0 bridgehead atoms. The van der Waals surface area contributed by atoms with Crippen LogP contribution in [-0.2, 0) is 26.7 Å². The lowest BCUT2D eigenvalue weighted by molar-refractivity contribution is -0.143. The third-order valence-electron chi connectivity index (χ3n) is 7.89. The highest BCUT2D eigenvalue weighted by Gasteiger charge is 2.50. The average Bonchev–Trinajstić information content (AvgIpc) is 3.25. The normalized spacial score (nSPS) is 23.2. The number of rotatable bonds is 7. The third kappa shape index (κ3) is 7.25. The molecule has 0 radical (unpaired) electrons. The van der Waals surface area contributed by atoms with Crippen molar-refractivity contribution in [2.45, 2.75) is 81.7 Å². The van der Waals surface area contributed by atoms with Crippen LogP contribution in [0.5, 0.6) is 0 Å². The van der Waals surface area contributed by atoms with Gasteiger partial charge in [-0.3, -0.25) is 9.59 Å². The molecule has 2 aliphatic rings. The Kier molecular flexibility index (Phi) is 8.93. The van der Waals surface area contributed by atoms with Crippen molar-refractivity contribution in [3.63, 3.8) is 0 Å². The minimum Gasteiger partial charge on any atom is -0.465 e. The molecule has 3 N–H and O–H groups in total. The molecule has 2 saturated heterocycles. The number of alkyl halides is 6. The second-order valence-electron chi connectivity index (χ2n) is 11.5. The summed E-state index contributed by atoms with van der Waals surface area (Å²) in [7, 11) is 0. The Morgan fingerprint density at radius 2 is 1.57 bits per heavy atom. The van der Waals surface area contributed by atoms with Gasteiger partial charge in [-0.1, -0.05) is 12.1 Å². The lowest BCUT2D eigenvalue weighted by Gasteiger charge is -2.38. The van der Waals surface area contributed by atoms with Crippen LogP contribution in [0, 0.1) is 5.82 Å². The standard InChI is InChI=1S/C29H30F7N3O5/c1-14(16-8-17(28(31,32)33)10-18(9-16)29(34,35)36)44-22-13-39-21(24(22)15-4-6-19(30)7-5-15)11-20(12-23(39)40)37-25(41)27(2,3)38-26(42)43/h4-10,14,20-22,24,38H,11-13H2,1-3H3,(H,37,41)(H,42,43)/t14-,20?,21+,22+,24+/m1/s1. The first-order valence-corrected chi connectivity index (χ1v) is 13.6. The minimum absolute atomic E-state index is 0.0216. The topological polar surface area (TPSA) is 108 Å². The van der Waals surface area contributed by atoms with Crippen molar-refractivity contribution in [2.75, 3.05) is 6.54 Å². The van der Waals surface area contributed by atoms with E-state index in [9.17, 15) is 45.1 Å². The summed E-state index contributed by atoms with van der Waals surface area (Å²) < 4.78 is 101. The number of nitrogens with zero attached hydrogens (tertiary/aromatic N) is 1. The van der Waals surface area contributed by atoms with Crippen LogP contribution in [0.15, 0.2) is 42.5 Å². The largest absolute Gasteiger partial charge is 0.465 e. The van der Waals surface area contributed by atoms with E-state index in [1.807, 2.05) is 0 Å². The number of piperidine rings is 1. The molecule has 0 aromatic heterocycles. The summed E-state index contributed by atoms with van der Waals surface area (Å²) in [6.45, 7) is 3.92. The zero-order chi connectivity index (χ0) is 32.8. The number of hydrogen-bond donors (Lipinski definition) is 3. The van der Waals surface area contributed by atoms with Crippen molar-refractivity contribution in [3.05, 3.63) is 70.5 Å². The molecule has 2 heterocycles. The van der Waals surface area contributed by atoms with Gasteiger partial charge in [-0.05, 0) is 68.7 Å². The molecule has 0 saturated carbocycles. The summed E-state index contributed by atoms with van der Waals surface area (Å²) in [5.74, 6) is -2.34. The molecule has 15 heteroatoms. The molecular formula is C29H30F7N3O5. The number of carbonyl (C=O) groups excluding carboxylic acids is 2. The molecular weight excluding hydrogens is 603 g/mol. The molecule has 2 aliphatic heterocycles. The van der Waals surface area contributed by atoms with E-state index in [-0.39, 0.29) is 31.0 Å². The average molecular weight is 634 g/mol. The summed E-state index contributed by atoms with van der Waals surface area (Å²) in [6, 6.07) is 5.04. The Bertz CT molecular complexity index is 1380.